The van der Waals surface area contributed by atoms with Gasteiger partial charge in [0.05, 0.1) is 29.3 Å². The third-order valence-electron chi connectivity index (χ3n) is 6.73. The number of nitrogens with zero attached hydrogens (tertiary/aromatic N) is 2. The van der Waals surface area contributed by atoms with Crippen LogP contribution in [0.3, 0.4) is 0 Å². The van der Waals surface area contributed by atoms with Crippen LogP contribution >= 0.6 is 0 Å². The summed E-state index contributed by atoms with van der Waals surface area (Å²) in [4.78, 5) is 19.3. The average Bonchev–Trinajstić information content (AvgIpc) is 3.60. The fourth-order valence-electron chi connectivity index (χ4n) is 4.31. The van der Waals surface area contributed by atoms with Crippen LogP contribution in [-0.4, -0.2) is 73.9 Å². The van der Waals surface area contributed by atoms with E-state index >= 15 is 0 Å². The Morgan fingerprint density at radius 2 is 1.87 bits per heavy atom. The second-order valence-electron chi connectivity index (χ2n) is 9.55. The molecule has 0 bridgehead atoms. The number of nitrogens with one attached hydrogen (secondary N) is 2. The molecule has 1 saturated heterocycles. The molecule has 1 aromatic heterocycles. The summed E-state index contributed by atoms with van der Waals surface area (Å²) >= 11 is 0. The number of aliphatic hydroxyl groups is 2. The van der Waals surface area contributed by atoms with Crippen molar-refractivity contribution in [3.8, 4) is 5.88 Å². The van der Waals surface area contributed by atoms with Crippen LogP contribution in [-0.2, 0) is 10.0 Å². The maximum Gasteiger partial charge on any atom is 0.417 e. The molecule has 4 N–H and O–H groups in total. The molecule has 10 nitrogen and oxygen atoms in total. The van der Waals surface area contributed by atoms with Gasteiger partial charge in [0.25, 0.3) is 5.91 Å². The van der Waals surface area contributed by atoms with Crippen molar-refractivity contribution in [3.63, 3.8) is 0 Å². The Bertz CT molecular complexity index is 1260. The number of rotatable bonds is 10. The number of amides is 1. The van der Waals surface area contributed by atoms with E-state index in [4.69, 9.17) is 14.9 Å². The van der Waals surface area contributed by atoms with Crippen molar-refractivity contribution < 1.29 is 41.3 Å². The molecule has 1 spiro atoms. The number of sulfonamides is 1. The zero-order chi connectivity index (χ0) is 27.6. The third-order valence-corrected chi connectivity index (χ3v) is 8.00. The van der Waals surface area contributed by atoms with Gasteiger partial charge in [-0.2, -0.15) is 18.2 Å². The topological polar surface area (TPSA) is 141 Å². The first kappa shape index (κ1) is 27.9. The van der Waals surface area contributed by atoms with Gasteiger partial charge >= 0.3 is 6.18 Å². The lowest BCUT2D eigenvalue weighted by Crippen LogP contribution is -2.35. The molecule has 2 aromatic rings. The van der Waals surface area contributed by atoms with Crippen molar-refractivity contribution in [2.24, 2.45) is 5.41 Å². The molecule has 208 valence electrons. The number of alkyl halides is 3. The van der Waals surface area contributed by atoms with Gasteiger partial charge in [0, 0.05) is 19.2 Å². The Kier molecular flexibility index (Phi) is 8.04. The zero-order valence-electron chi connectivity index (χ0n) is 20.4. The second-order valence-corrected chi connectivity index (χ2v) is 11.4. The van der Waals surface area contributed by atoms with Crippen LogP contribution in [0.2, 0.25) is 0 Å². The molecule has 2 fully saturated rings. The van der Waals surface area contributed by atoms with E-state index in [-0.39, 0.29) is 22.9 Å². The summed E-state index contributed by atoms with van der Waals surface area (Å²) in [5.41, 5.74) is 1.38. The molecule has 2 heterocycles. The molecule has 1 aromatic carbocycles. The number of aliphatic hydroxyl groups excluding tert-OH is 2. The van der Waals surface area contributed by atoms with Gasteiger partial charge < -0.3 is 25.2 Å². The van der Waals surface area contributed by atoms with Crippen molar-refractivity contribution in [3.05, 3.63) is 42.0 Å². The van der Waals surface area contributed by atoms with Crippen LogP contribution in [0.25, 0.3) is 0 Å². The van der Waals surface area contributed by atoms with Crippen molar-refractivity contribution in [1.29, 1.82) is 0 Å². The summed E-state index contributed by atoms with van der Waals surface area (Å²) in [5, 5.41) is 20.7. The lowest BCUT2D eigenvalue weighted by atomic mass is 9.93. The van der Waals surface area contributed by atoms with Crippen molar-refractivity contribution in [1.82, 2.24) is 4.98 Å². The SMILES string of the molecule is O=C(Nc1cccc(OCC(O)C(F)(F)F)n1)c1ccc(NS(=O)(=O)CCO)cc1N1CCC2(CC1)CC2. The first-order chi connectivity index (χ1) is 17.9. The lowest BCUT2D eigenvalue weighted by molar-refractivity contribution is -0.210. The fraction of sp³-hybridized carbons (Fsp3) is 0.500. The minimum absolute atomic E-state index is 0.0169. The van der Waals surface area contributed by atoms with Crippen LogP contribution in [0, 0.1) is 5.41 Å². The Morgan fingerprint density at radius 3 is 2.50 bits per heavy atom. The van der Waals surface area contributed by atoms with E-state index in [0.29, 0.717) is 24.2 Å². The normalized spacial score (nSPS) is 17.7. The molecule has 1 aliphatic heterocycles. The summed E-state index contributed by atoms with van der Waals surface area (Å²) < 4.78 is 69.2. The van der Waals surface area contributed by atoms with E-state index in [1.807, 2.05) is 4.90 Å². The van der Waals surface area contributed by atoms with E-state index in [0.717, 1.165) is 12.8 Å². The molecule has 4 rings (SSSR count). The number of hydrogen-bond donors (Lipinski definition) is 4. The number of piperidine rings is 1. The summed E-state index contributed by atoms with van der Waals surface area (Å²) in [7, 11) is -3.78. The van der Waals surface area contributed by atoms with Crippen molar-refractivity contribution in [2.45, 2.75) is 38.0 Å². The van der Waals surface area contributed by atoms with Gasteiger partial charge in [0.2, 0.25) is 15.9 Å². The quantitative estimate of drug-likeness (QED) is 0.349. The van der Waals surface area contributed by atoms with E-state index in [9.17, 15) is 26.4 Å². The molecule has 14 heteroatoms. The maximum atomic E-state index is 13.2. The number of anilines is 3. The molecule has 0 radical (unpaired) electrons. The van der Waals surface area contributed by atoms with Gasteiger partial charge in [-0.3, -0.25) is 9.52 Å². The standard InChI is InChI=1S/C24H29F3N4O6S/c25-24(26,27)19(33)15-37-21-3-1-2-20(28-21)29-22(34)17-5-4-16(30-38(35,36)13-12-32)14-18(17)31-10-8-23(6-7-23)9-11-31/h1-5,14,19,30,32-33H,6-13,15H2,(H,28,29,34). The Hall–Kier alpha value is -3.10. The largest absolute Gasteiger partial charge is 0.474 e. The molecule has 1 saturated carbocycles. The van der Waals surface area contributed by atoms with Gasteiger partial charge in [-0.25, -0.2) is 8.42 Å². The number of aromatic nitrogens is 1. The number of carbonyl (C=O) groups is 1. The Morgan fingerprint density at radius 1 is 1.16 bits per heavy atom. The predicted octanol–water partition coefficient (Wildman–Crippen LogP) is 2.75. The molecule has 1 aliphatic carbocycles. The average molecular weight is 559 g/mol. The van der Waals surface area contributed by atoms with E-state index in [2.05, 4.69) is 15.0 Å². The maximum absolute atomic E-state index is 13.2. The summed E-state index contributed by atoms with van der Waals surface area (Å²) in [5.74, 6) is -1.23. The molecule has 2 aliphatic rings. The zero-order valence-corrected chi connectivity index (χ0v) is 21.2. The van der Waals surface area contributed by atoms with Gasteiger partial charge in [-0.1, -0.05) is 6.07 Å². The molecular formula is C24H29F3N4O6S. The number of benzene rings is 1. The highest BCUT2D eigenvalue weighted by Crippen LogP contribution is 2.54. The van der Waals surface area contributed by atoms with E-state index in [1.165, 1.54) is 43.2 Å². The van der Waals surface area contributed by atoms with Crippen LogP contribution in [0.5, 0.6) is 5.88 Å². The molecular weight excluding hydrogens is 529 g/mol. The monoisotopic (exact) mass is 558 g/mol. The number of halogens is 3. The van der Waals surface area contributed by atoms with Gasteiger partial charge in [0.15, 0.2) is 6.10 Å². The van der Waals surface area contributed by atoms with E-state index < -0.39 is 47.2 Å². The number of carbonyl (C=O) groups excluding carboxylic acids is 1. The van der Waals surface area contributed by atoms with Gasteiger partial charge in [-0.15, -0.1) is 0 Å². The predicted molar refractivity (Wildman–Crippen MR) is 134 cm³/mol. The Balaban J connectivity index is 1.53. The summed E-state index contributed by atoms with van der Waals surface area (Å²) in [6.45, 7) is -0.212. The van der Waals surface area contributed by atoms with Crippen molar-refractivity contribution >= 4 is 33.1 Å². The minimum Gasteiger partial charge on any atom is -0.474 e. The molecule has 1 unspecified atom stereocenters. The smallest absolute Gasteiger partial charge is 0.417 e. The number of pyridine rings is 1. The molecule has 38 heavy (non-hydrogen) atoms. The highest BCUT2D eigenvalue weighted by atomic mass is 32.2. The van der Waals surface area contributed by atoms with E-state index in [1.54, 1.807) is 6.07 Å². The first-order valence-corrected chi connectivity index (χ1v) is 13.7. The third kappa shape index (κ3) is 7.05. The summed E-state index contributed by atoms with van der Waals surface area (Å²) in [6, 6.07) is 8.63. The number of ether oxygens (including phenoxy) is 1. The fourth-order valence-corrected chi connectivity index (χ4v) is 5.13. The minimum atomic E-state index is -4.84. The highest BCUT2D eigenvalue weighted by Gasteiger charge is 2.44. The molecule has 1 amide bonds. The van der Waals surface area contributed by atoms with Gasteiger partial charge in [0.1, 0.15) is 12.4 Å². The van der Waals surface area contributed by atoms with Crippen LogP contribution in [0.15, 0.2) is 36.4 Å². The second kappa shape index (κ2) is 10.9. The Labute approximate surface area is 217 Å². The van der Waals surface area contributed by atoms with Crippen LogP contribution in [0.4, 0.5) is 30.4 Å². The molecule has 1 atom stereocenters. The van der Waals surface area contributed by atoms with Crippen LogP contribution < -0.4 is 19.7 Å². The summed E-state index contributed by atoms with van der Waals surface area (Å²) in [6.07, 6.45) is -3.25. The number of hydrogen-bond acceptors (Lipinski definition) is 8. The van der Waals surface area contributed by atoms with Crippen LogP contribution in [0.1, 0.15) is 36.0 Å². The van der Waals surface area contributed by atoms with Gasteiger partial charge in [-0.05, 0) is 55.4 Å². The lowest BCUT2D eigenvalue weighted by Gasteiger charge is -2.35. The first-order valence-electron chi connectivity index (χ1n) is 12.1. The van der Waals surface area contributed by atoms with Crippen molar-refractivity contribution in [2.75, 3.05) is 47.0 Å². The highest BCUT2D eigenvalue weighted by molar-refractivity contribution is 7.92.